The van der Waals surface area contributed by atoms with E-state index in [-0.39, 0.29) is 12.2 Å². The van der Waals surface area contributed by atoms with Gasteiger partial charge in [-0.3, -0.25) is 14.8 Å². The molecule has 0 radical (unpaired) electrons. The van der Waals surface area contributed by atoms with E-state index in [1.165, 1.54) is 17.5 Å². The number of rotatable bonds is 9. The third kappa shape index (κ3) is 6.02. The highest BCUT2D eigenvalue weighted by Crippen LogP contribution is 2.29. The fourth-order valence-corrected chi connectivity index (χ4v) is 4.83. The third-order valence-electron chi connectivity index (χ3n) is 6.73. The monoisotopic (exact) mass is 468 g/mol. The Bertz CT molecular complexity index is 1190. The van der Waals surface area contributed by atoms with Crippen molar-refractivity contribution >= 4 is 17.2 Å². The molecule has 2 aromatic carbocycles. The number of ketones is 1. The van der Waals surface area contributed by atoms with E-state index in [0.29, 0.717) is 30.3 Å². The number of ether oxygens (including phenoxy) is 1. The van der Waals surface area contributed by atoms with Crippen LogP contribution in [0.15, 0.2) is 71.9 Å². The number of hydrogen-bond acceptors (Lipinski definition) is 6. The van der Waals surface area contributed by atoms with Crippen molar-refractivity contribution < 1.29 is 9.53 Å². The van der Waals surface area contributed by atoms with Crippen molar-refractivity contribution in [1.29, 1.82) is 0 Å². The highest BCUT2D eigenvalue weighted by molar-refractivity contribution is 6.16. The van der Waals surface area contributed by atoms with E-state index in [1.54, 1.807) is 12.3 Å². The van der Waals surface area contributed by atoms with E-state index >= 15 is 0 Å². The molecule has 2 aliphatic heterocycles. The van der Waals surface area contributed by atoms with Gasteiger partial charge in [-0.25, -0.2) is 0 Å². The summed E-state index contributed by atoms with van der Waals surface area (Å²) >= 11 is 0. The van der Waals surface area contributed by atoms with Crippen LogP contribution in [0.4, 0.5) is 5.69 Å². The molecule has 5 rings (SSSR count). The zero-order chi connectivity index (χ0) is 24.0. The fraction of sp³-hybridized carbons (Fsp3) is 0.345. The number of pyridine rings is 1. The Labute approximate surface area is 207 Å². The maximum atomic E-state index is 12.8. The number of hydrogen-bond donors (Lipinski definition) is 1. The molecule has 1 unspecified atom stereocenters. The van der Waals surface area contributed by atoms with Crippen LogP contribution in [0.1, 0.15) is 40.0 Å². The van der Waals surface area contributed by atoms with Crippen LogP contribution in [0.3, 0.4) is 0 Å². The average molecular weight is 469 g/mol. The lowest BCUT2D eigenvalue weighted by Gasteiger charge is -2.18. The first-order valence-electron chi connectivity index (χ1n) is 12.4. The van der Waals surface area contributed by atoms with Crippen molar-refractivity contribution in [2.24, 2.45) is 10.9 Å². The Morgan fingerprint density at radius 1 is 1.06 bits per heavy atom. The quantitative estimate of drug-likeness (QED) is 0.503. The largest absolute Gasteiger partial charge is 0.488 e. The molecule has 6 nitrogen and oxygen atoms in total. The smallest absolute Gasteiger partial charge is 0.170 e. The van der Waals surface area contributed by atoms with Crippen LogP contribution in [0.25, 0.3) is 0 Å². The Morgan fingerprint density at radius 3 is 2.63 bits per heavy atom. The molecule has 35 heavy (non-hydrogen) atoms. The molecule has 0 aliphatic carbocycles. The van der Waals surface area contributed by atoms with E-state index in [0.717, 1.165) is 43.2 Å². The molecular formula is C29H32N4O2. The summed E-state index contributed by atoms with van der Waals surface area (Å²) < 4.78 is 5.99. The van der Waals surface area contributed by atoms with Gasteiger partial charge < -0.3 is 15.0 Å². The molecule has 1 fully saturated rings. The number of carbonyl (C=O) groups excluding carboxylic acids is 1. The summed E-state index contributed by atoms with van der Waals surface area (Å²) in [4.78, 5) is 24.5. The summed E-state index contributed by atoms with van der Waals surface area (Å²) in [6.07, 6.45) is 4.10. The van der Waals surface area contributed by atoms with Gasteiger partial charge in [0.15, 0.2) is 5.78 Å². The number of carbonyl (C=O) groups is 1. The zero-order valence-corrected chi connectivity index (χ0v) is 20.2. The predicted molar refractivity (Wildman–Crippen MR) is 139 cm³/mol. The summed E-state index contributed by atoms with van der Waals surface area (Å²) in [6.45, 7) is 4.13. The summed E-state index contributed by atoms with van der Waals surface area (Å²) in [6, 6.07) is 20.3. The summed E-state index contributed by atoms with van der Waals surface area (Å²) in [5.74, 6) is 1.51. The van der Waals surface area contributed by atoms with Crippen LogP contribution in [-0.2, 0) is 13.0 Å². The number of Topliss-reactive ketones (excluding diaryl/α,β-unsaturated/α-hetero) is 1. The van der Waals surface area contributed by atoms with Crippen LogP contribution in [0, 0.1) is 5.92 Å². The molecule has 6 heteroatoms. The van der Waals surface area contributed by atoms with Crippen LogP contribution in [0.2, 0.25) is 0 Å². The maximum absolute atomic E-state index is 12.8. The Hall–Kier alpha value is -3.35. The summed E-state index contributed by atoms with van der Waals surface area (Å²) in [7, 11) is 2.16. The SMILES string of the molecule is CN1CCC(CNCc2nccc3c2N=C(COc2ccc(Cc4ccccc4)cc2)CC3=O)C1. The molecule has 1 atom stereocenters. The summed E-state index contributed by atoms with van der Waals surface area (Å²) in [5.41, 5.74) is 5.43. The van der Waals surface area contributed by atoms with Crippen LogP contribution in [0.5, 0.6) is 5.75 Å². The highest BCUT2D eigenvalue weighted by Gasteiger charge is 2.24. The molecule has 0 spiro atoms. The van der Waals surface area contributed by atoms with Gasteiger partial charge in [0.2, 0.25) is 0 Å². The fourth-order valence-electron chi connectivity index (χ4n) is 4.83. The second kappa shape index (κ2) is 10.9. The molecular weight excluding hydrogens is 436 g/mol. The average Bonchev–Trinajstić information content (AvgIpc) is 3.29. The minimum Gasteiger partial charge on any atom is -0.488 e. The number of aliphatic imine (C=N–C) groups is 1. The van der Waals surface area contributed by atoms with Crippen LogP contribution in [-0.4, -0.2) is 54.7 Å². The topological polar surface area (TPSA) is 66.8 Å². The van der Waals surface area contributed by atoms with Crippen molar-refractivity contribution in [3.63, 3.8) is 0 Å². The lowest BCUT2D eigenvalue weighted by molar-refractivity contribution is 0.0998. The zero-order valence-electron chi connectivity index (χ0n) is 20.2. The number of likely N-dealkylation sites (tertiary alicyclic amines) is 1. The van der Waals surface area contributed by atoms with Crippen LogP contribution >= 0.6 is 0 Å². The molecule has 3 heterocycles. The molecule has 1 saturated heterocycles. The minimum absolute atomic E-state index is 0.0767. The van der Waals surface area contributed by atoms with Crippen molar-refractivity contribution in [2.45, 2.75) is 25.8 Å². The lowest BCUT2D eigenvalue weighted by Crippen LogP contribution is -2.26. The van der Waals surface area contributed by atoms with Crippen molar-refractivity contribution in [3.8, 4) is 5.75 Å². The van der Waals surface area contributed by atoms with Crippen LogP contribution < -0.4 is 10.1 Å². The molecule has 0 bridgehead atoms. The normalized spacial score (nSPS) is 17.8. The van der Waals surface area contributed by atoms with Gasteiger partial charge in [0.1, 0.15) is 12.4 Å². The number of benzene rings is 2. The van der Waals surface area contributed by atoms with E-state index < -0.39 is 0 Å². The standard InChI is InChI=1S/C29H32N4O2/c1-33-14-12-23(19-33)17-30-18-27-29-26(11-13-31-27)28(34)16-24(32-29)20-35-25-9-7-22(8-10-25)15-21-5-3-2-4-6-21/h2-11,13,23,30H,12,14-20H2,1H3. The first-order chi connectivity index (χ1) is 17.1. The van der Waals surface area contributed by atoms with Gasteiger partial charge in [-0.05, 0) is 68.2 Å². The number of fused-ring (bicyclic) bond motifs is 1. The number of nitrogens with zero attached hydrogens (tertiary/aromatic N) is 3. The third-order valence-corrected chi connectivity index (χ3v) is 6.73. The van der Waals surface area contributed by atoms with E-state index in [9.17, 15) is 4.79 Å². The Morgan fingerprint density at radius 2 is 1.86 bits per heavy atom. The van der Waals surface area contributed by atoms with Gasteiger partial charge in [0.05, 0.1) is 23.5 Å². The van der Waals surface area contributed by atoms with E-state index in [4.69, 9.17) is 9.73 Å². The molecule has 2 aliphatic rings. The molecule has 1 N–H and O–H groups in total. The van der Waals surface area contributed by atoms with E-state index in [1.807, 2.05) is 18.2 Å². The van der Waals surface area contributed by atoms with Gasteiger partial charge >= 0.3 is 0 Å². The first kappa shape index (κ1) is 23.4. The Balaban J connectivity index is 1.20. The van der Waals surface area contributed by atoms with Crippen molar-refractivity contribution in [3.05, 3.63) is 89.2 Å². The molecule has 3 aromatic rings. The minimum atomic E-state index is 0.0767. The number of nitrogens with one attached hydrogen (secondary N) is 1. The first-order valence-corrected chi connectivity index (χ1v) is 12.4. The molecule has 0 amide bonds. The summed E-state index contributed by atoms with van der Waals surface area (Å²) in [5, 5.41) is 3.52. The second-order valence-corrected chi connectivity index (χ2v) is 9.57. The van der Waals surface area contributed by atoms with Gasteiger partial charge in [-0.1, -0.05) is 42.5 Å². The van der Waals surface area contributed by atoms with Gasteiger partial charge in [0.25, 0.3) is 0 Å². The molecule has 0 saturated carbocycles. The van der Waals surface area contributed by atoms with Gasteiger partial charge in [-0.15, -0.1) is 0 Å². The molecule has 1 aromatic heterocycles. The highest BCUT2D eigenvalue weighted by atomic mass is 16.5. The van der Waals surface area contributed by atoms with Gasteiger partial charge in [-0.2, -0.15) is 0 Å². The van der Waals surface area contributed by atoms with E-state index in [2.05, 4.69) is 58.6 Å². The second-order valence-electron chi connectivity index (χ2n) is 9.57. The van der Waals surface area contributed by atoms with Gasteiger partial charge in [0, 0.05) is 24.8 Å². The number of aromatic nitrogens is 1. The lowest BCUT2D eigenvalue weighted by atomic mass is 10.00. The predicted octanol–water partition coefficient (Wildman–Crippen LogP) is 4.45. The van der Waals surface area contributed by atoms with Crippen molar-refractivity contribution in [1.82, 2.24) is 15.2 Å². The Kier molecular flexibility index (Phi) is 7.31. The molecule has 180 valence electrons. The maximum Gasteiger partial charge on any atom is 0.170 e. The van der Waals surface area contributed by atoms with Crippen molar-refractivity contribution in [2.75, 3.05) is 33.3 Å².